The van der Waals surface area contributed by atoms with E-state index < -0.39 is 18.0 Å². The lowest BCUT2D eigenvalue weighted by atomic mass is 9.82. The van der Waals surface area contributed by atoms with Crippen LogP contribution in [0.15, 0.2) is 53.5 Å². The molecule has 1 aromatic carbocycles. The van der Waals surface area contributed by atoms with E-state index in [4.69, 9.17) is 0 Å². The molecule has 1 amide bonds. The van der Waals surface area contributed by atoms with E-state index in [1.54, 1.807) is 23.2 Å². The summed E-state index contributed by atoms with van der Waals surface area (Å²) in [6.45, 7) is 4.51. The fraction of sp³-hybridized carbons (Fsp3) is 0.333. The Bertz CT molecular complexity index is 917. The second-order valence-electron chi connectivity index (χ2n) is 7.42. The van der Waals surface area contributed by atoms with Crippen LogP contribution >= 0.6 is 0 Å². The van der Waals surface area contributed by atoms with E-state index >= 15 is 0 Å². The number of fused-ring (bicyclic) bond motifs is 1. The highest BCUT2D eigenvalue weighted by Crippen LogP contribution is 2.42. The van der Waals surface area contributed by atoms with Gasteiger partial charge in [-0.25, -0.2) is 9.18 Å². The fourth-order valence-electron chi connectivity index (χ4n) is 3.53. The van der Waals surface area contributed by atoms with Gasteiger partial charge in [0.25, 0.3) is 0 Å². The lowest BCUT2D eigenvalue weighted by Crippen LogP contribution is -2.39. The van der Waals surface area contributed by atoms with Crippen molar-refractivity contribution in [1.82, 2.24) is 9.80 Å². The number of aliphatic hydroxyl groups is 1. The molecular weight excluding hydrogens is 363 g/mol. The summed E-state index contributed by atoms with van der Waals surface area (Å²) in [5, 5.41) is 19.7. The van der Waals surface area contributed by atoms with Crippen molar-refractivity contribution in [3.63, 3.8) is 0 Å². The van der Waals surface area contributed by atoms with Gasteiger partial charge in [0, 0.05) is 31.8 Å². The zero-order chi connectivity index (χ0) is 20.6. The Kier molecular flexibility index (Phi) is 5.38. The van der Waals surface area contributed by atoms with E-state index in [2.05, 4.69) is 0 Å². The maximum absolute atomic E-state index is 14.0. The van der Waals surface area contributed by atoms with Crippen LogP contribution in [-0.2, 0) is 4.79 Å². The molecule has 28 heavy (non-hydrogen) atoms. The Hall–Kier alpha value is -2.93. The molecule has 1 heterocycles. The SMILES string of the molecule is CC(C)CN1C=C2CC(=O)C(O)C=C2C(c2cccc(F)c2)=C1N(C)C(=O)O. The normalized spacial score (nSPS) is 19.4. The molecule has 7 heteroatoms. The van der Waals surface area contributed by atoms with Crippen LogP contribution in [0.4, 0.5) is 9.18 Å². The van der Waals surface area contributed by atoms with Gasteiger partial charge in [0.1, 0.15) is 17.7 Å². The van der Waals surface area contributed by atoms with E-state index in [9.17, 15) is 24.2 Å². The van der Waals surface area contributed by atoms with E-state index in [1.165, 1.54) is 25.3 Å². The molecular formula is C21H23FN2O4. The van der Waals surface area contributed by atoms with Gasteiger partial charge in [0.15, 0.2) is 5.78 Å². The number of nitrogens with zero attached hydrogens (tertiary/aromatic N) is 2. The number of carbonyl (C=O) groups is 2. The molecule has 0 fully saturated rings. The number of Topliss-reactive ketones (excluding diaryl/α,β-unsaturated/α-hetero) is 1. The first-order valence-electron chi connectivity index (χ1n) is 9.06. The van der Waals surface area contributed by atoms with Gasteiger partial charge in [-0.1, -0.05) is 26.0 Å². The largest absolute Gasteiger partial charge is 0.465 e. The molecule has 0 radical (unpaired) electrons. The molecule has 1 atom stereocenters. The number of carboxylic acid groups (broad SMARTS) is 1. The number of allylic oxidation sites excluding steroid dienone is 3. The second-order valence-corrected chi connectivity index (χ2v) is 7.42. The molecule has 0 bridgehead atoms. The zero-order valence-corrected chi connectivity index (χ0v) is 16.0. The molecule has 2 N–H and O–H groups in total. The maximum Gasteiger partial charge on any atom is 0.412 e. The Morgan fingerprint density at radius 2 is 2.11 bits per heavy atom. The van der Waals surface area contributed by atoms with E-state index in [0.717, 1.165) is 4.90 Å². The quantitative estimate of drug-likeness (QED) is 0.830. The topological polar surface area (TPSA) is 81.1 Å². The smallest absolute Gasteiger partial charge is 0.412 e. The molecule has 148 valence electrons. The average molecular weight is 386 g/mol. The first-order chi connectivity index (χ1) is 13.2. The van der Waals surface area contributed by atoms with Crippen LogP contribution in [-0.4, -0.2) is 51.6 Å². The minimum atomic E-state index is -1.27. The molecule has 6 nitrogen and oxygen atoms in total. The van der Waals surface area contributed by atoms with Crippen LogP contribution < -0.4 is 0 Å². The van der Waals surface area contributed by atoms with E-state index in [1.807, 2.05) is 13.8 Å². The van der Waals surface area contributed by atoms with Crippen LogP contribution in [0.3, 0.4) is 0 Å². The summed E-state index contributed by atoms with van der Waals surface area (Å²) >= 11 is 0. The monoisotopic (exact) mass is 386 g/mol. The molecule has 0 spiro atoms. The van der Waals surface area contributed by atoms with Crippen LogP contribution in [0.2, 0.25) is 0 Å². The van der Waals surface area contributed by atoms with Crippen LogP contribution in [0.5, 0.6) is 0 Å². The van der Waals surface area contributed by atoms with Crippen molar-refractivity contribution < 1.29 is 24.2 Å². The number of benzene rings is 1. The van der Waals surface area contributed by atoms with Crippen LogP contribution in [0, 0.1) is 11.7 Å². The molecule has 1 unspecified atom stereocenters. The van der Waals surface area contributed by atoms with Crippen molar-refractivity contribution >= 4 is 17.4 Å². The number of aliphatic hydroxyl groups excluding tert-OH is 1. The summed E-state index contributed by atoms with van der Waals surface area (Å²) in [5.41, 5.74) is 2.20. The Balaban J connectivity index is 2.31. The van der Waals surface area contributed by atoms with Gasteiger partial charge in [0.05, 0.1) is 0 Å². The van der Waals surface area contributed by atoms with Gasteiger partial charge in [0.2, 0.25) is 0 Å². The van der Waals surface area contributed by atoms with Crippen LogP contribution in [0.1, 0.15) is 25.8 Å². The molecule has 0 saturated carbocycles. The summed E-state index contributed by atoms with van der Waals surface area (Å²) in [4.78, 5) is 26.7. The Morgan fingerprint density at radius 3 is 2.71 bits per heavy atom. The number of amides is 1. The Morgan fingerprint density at radius 1 is 1.39 bits per heavy atom. The highest BCUT2D eigenvalue weighted by atomic mass is 19.1. The van der Waals surface area contributed by atoms with Crippen molar-refractivity contribution in [2.24, 2.45) is 5.92 Å². The van der Waals surface area contributed by atoms with E-state index in [-0.39, 0.29) is 18.1 Å². The zero-order valence-electron chi connectivity index (χ0n) is 16.0. The molecule has 1 aliphatic heterocycles. The molecule has 1 aliphatic carbocycles. The van der Waals surface area contributed by atoms with Crippen molar-refractivity contribution in [1.29, 1.82) is 0 Å². The van der Waals surface area contributed by atoms with Crippen molar-refractivity contribution in [3.05, 3.63) is 64.9 Å². The lowest BCUT2D eigenvalue weighted by Gasteiger charge is -2.38. The van der Waals surface area contributed by atoms with E-state index in [0.29, 0.717) is 34.6 Å². The summed E-state index contributed by atoms with van der Waals surface area (Å²) in [7, 11) is 1.42. The Labute approximate surface area is 162 Å². The highest BCUT2D eigenvalue weighted by Gasteiger charge is 2.35. The second kappa shape index (κ2) is 7.59. The molecule has 1 aromatic rings. The van der Waals surface area contributed by atoms with Gasteiger partial charge < -0.3 is 15.1 Å². The summed E-state index contributed by atoms with van der Waals surface area (Å²) in [6, 6.07) is 5.87. The highest BCUT2D eigenvalue weighted by molar-refractivity contribution is 5.97. The van der Waals surface area contributed by atoms with Gasteiger partial charge in [-0.15, -0.1) is 0 Å². The van der Waals surface area contributed by atoms with Gasteiger partial charge in [-0.3, -0.25) is 9.69 Å². The van der Waals surface area contributed by atoms with Crippen molar-refractivity contribution in [2.75, 3.05) is 13.6 Å². The summed E-state index contributed by atoms with van der Waals surface area (Å²) in [5.74, 6) is -0.212. The summed E-state index contributed by atoms with van der Waals surface area (Å²) < 4.78 is 14.0. The first-order valence-corrected chi connectivity index (χ1v) is 9.06. The third-order valence-electron chi connectivity index (χ3n) is 4.72. The lowest BCUT2D eigenvalue weighted by molar-refractivity contribution is -0.124. The number of rotatable bonds is 4. The van der Waals surface area contributed by atoms with Crippen LogP contribution in [0.25, 0.3) is 5.57 Å². The third kappa shape index (κ3) is 3.71. The molecule has 2 aliphatic rings. The number of carbonyl (C=O) groups excluding carboxylic acids is 1. The molecule has 3 rings (SSSR count). The molecule has 0 saturated heterocycles. The first kappa shape index (κ1) is 19.8. The maximum atomic E-state index is 14.0. The van der Waals surface area contributed by atoms with Gasteiger partial charge in [-0.2, -0.15) is 0 Å². The number of halogens is 1. The number of ketones is 1. The average Bonchev–Trinajstić information content (AvgIpc) is 2.61. The fourth-order valence-corrected chi connectivity index (χ4v) is 3.53. The summed E-state index contributed by atoms with van der Waals surface area (Å²) in [6.07, 6.45) is 0.768. The van der Waals surface area contributed by atoms with Gasteiger partial charge >= 0.3 is 6.09 Å². The standard InChI is InChI=1S/C21H23FN2O4/c1-12(2)10-24-11-14-8-17(25)18(26)9-16(14)19(20(24)23(3)21(27)28)13-5-4-6-15(22)7-13/h4-7,9,11-12,18,26H,8,10H2,1-3H3,(H,27,28). The number of hydrogen-bond acceptors (Lipinski definition) is 4. The minimum absolute atomic E-state index is 0.0322. The predicted octanol–water partition coefficient (Wildman–Crippen LogP) is 3.22. The number of hydrogen-bond donors (Lipinski definition) is 2. The third-order valence-corrected chi connectivity index (χ3v) is 4.72. The predicted molar refractivity (Wildman–Crippen MR) is 102 cm³/mol. The minimum Gasteiger partial charge on any atom is -0.465 e. The van der Waals surface area contributed by atoms with Crippen molar-refractivity contribution in [2.45, 2.75) is 26.4 Å². The molecule has 0 aromatic heterocycles. The van der Waals surface area contributed by atoms with Gasteiger partial charge in [-0.05, 0) is 40.8 Å². The van der Waals surface area contributed by atoms with Crippen molar-refractivity contribution in [3.8, 4) is 0 Å².